The average molecular weight is 193 g/mol. The number of aromatic nitrogens is 1. The van der Waals surface area contributed by atoms with Crippen molar-refractivity contribution in [1.82, 2.24) is 4.98 Å². The fourth-order valence-electron chi connectivity index (χ4n) is 0.958. The molecule has 3 nitrogen and oxygen atoms in total. The van der Waals surface area contributed by atoms with Gasteiger partial charge in [0.25, 0.3) is 0 Å². The molecule has 1 rings (SSSR count). The normalized spacial score (nSPS) is 10.6. The van der Waals surface area contributed by atoms with Gasteiger partial charge in [-0.1, -0.05) is 0 Å². The van der Waals surface area contributed by atoms with Crippen LogP contribution in [0.1, 0.15) is 29.9 Å². The Morgan fingerprint density at radius 2 is 2.21 bits per heavy atom. The molecule has 0 saturated carbocycles. The van der Waals surface area contributed by atoms with Crippen molar-refractivity contribution in [2.75, 3.05) is 6.61 Å². The maximum Gasteiger partial charge on any atom is 0.190 e. The minimum atomic E-state index is -0.0220. The molecule has 0 fully saturated rings. The summed E-state index contributed by atoms with van der Waals surface area (Å²) in [7, 11) is 0. The molecule has 0 aliphatic carbocycles. The van der Waals surface area contributed by atoms with Gasteiger partial charge in [0.15, 0.2) is 5.78 Å². The summed E-state index contributed by atoms with van der Waals surface area (Å²) in [4.78, 5) is 15.5. The fraction of sp³-hybridized carbons (Fsp3) is 0.455. The van der Waals surface area contributed by atoms with E-state index in [-0.39, 0.29) is 18.5 Å². The summed E-state index contributed by atoms with van der Waals surface area (Å²) in [6, 6.07) is 3.59. The zero-order valence-corrected chi connectivity index (χ0v) is 8.78. The van der Waals surface area contributed by atoms with Crippen molar-refractivity contribution in [1.29, 1.82) is 0 Å². The third kappa shape index (κ3) is 3.26. The quantitative estimate of drug-likeness (QED) is 0.686. The number of rotatable bonds is 4. The summed E-state index contributed by atoms with van der Waals surface area (Å²) < 4.78 is 5.21. The van der Waals surface area contributed by atoms with E-state index in [0.717, 1.165) is 5.69 Å². The molecule has 0 unspecified atom stereocenters. The van der Waals surface area contributed by atoms with Crippen molar-refractivity contribution in [3.05, 3.63) is 29.6 Å². The summed E-state index contributed by atoms with van der Waals surface area (Å²) in [5.74, 6) is -0.0220. The van der Waals surface area contributed by atoms with Crippen LogP contribution in [0.4, 0.5) is 0 Å². The number of aryl methyl sites for hydroxylation is 1. The molecule has 1 heterocycles. The Morgan fingerprint density at radius 3 is 2.71 bits per heavy atom. The standard InChI is InChI=1S/C11H15NO2/c1-8(2)14-7-11(13)10-5-4-9(3)12-6-10/h4-6,8H,7H2,1-3H3. The van der Waals surface area contributed by atoms with Gasteiger partial charge < -0.3 is 4.74 Å². The zero-order valence-electron chi connectivity index (χ0n) is 8.78. The van der Waals surface area contributed by atoms with Crippen molar-refractivity contribution < 1.29 is 9.53 Å². The molecular weight excluding hydrogens is 178 g/mol. The number of Topliss-reactive ketones (excluding diaryl/α,β-unsaturated/α-hetero) is 1. The number of carbonyl (C=O) groups excluding carboxylic acids is 1. The van der Waals surface area contributed by atoms with E-state index in [4.69, 9.17) is 4.74 Å². The molecule has 0 amide bonds. The Labute approximate surface area is 84.1 Å². The highest BCUT2D eigenvalue weighted by molar-refractivity contribution is 5.96. The van der Waals surface area contributed by atoms with Crippen LogP contribution < -0.4 is 0 Å². The molecule has 76 valence electrons. The Bertz CT molecular complexity index is 304. The second-order valence-electron chi connectivity index (χ2n) is 3.47. The fourth-order valence-corrected chi connectivity index (χ4v) is 0.958. The number of nitrogens with zero attached hydrogens (tertiary/aromatic N) is 1. The van der Waals surface area contributed by atoms with Gasteiger partial charge in [-0.25, -0.2) is 0 Å². The molecule has 0 saturated heterocycles. The van der Waals surface area contributed by atoms with Gasteiger partial charge in [-0.05, 0) is 32.9 Å². The lowest BCUT2D eigenvalue weighted by molar-refractivity contribution is 0.0584. The Hall–Kier alpha value is -1.22. The van der Waals surface area contributed by atoms with Gasteiger partial charge >= 0.3 is 0 Å². The third-order valence-corrected chi connectivity index (χ3v) is 1.78. The molecule has 0 aliphatic heterocycles. The van der Waals surface area contributed by atoms with Gasteiger partial charge in [0.1, 0.15) is 6.61 Å². The van der Waals surface area contributed by atoms with Crippen molar-refractivity contribution in [3.8, 4) is 0 Å². The van der Waals surface area contributed by atoms with Gasteiger partial charge in [-0.15, -0.1) is 0 Å². The van der Waals surface area contributed by atoms with Crippen molar-refractivity contribution >= 4 is 5.78 Å². The highest BCUT2D eigenvalue weighted by Gasteiger charge is 2.06. The minimum absolute atomic E-state index is 0.0220. The van der Waals surface area contributed by atoms with Crippen molar-refractivity contribution in [3.63, 3.8) is 0 Å². The van der Waals surface area contributed by atoms with Crippen LogP contribution in [0.15, 0.2) is 18.3 Å². The maximum atomic E-state index is 11.5. The third-order valence-electron chi connectivity index (χ3n) is 1.78. The zero-order chi connectivity index (χ0) is 10.6. The minimum Gasteiger partial charge on any atom is -0.371 e. The first-order chi connectivity index (χ1) is 6.59. The van der Waals surface area contributed by atoms with Crippen LogP contribution in [-0.4, -0.2) is 23.5 Å². The lowest BCUT2D eigenvalue weighted by atomic mass is 10.2. The number of carbonyl (C=O) groups is 1. The van der Waals surface area contributed by atoms with Gasteiger partial charge in [-0.3, -0.25) is 9.78 Å². The molecule has 14 heavy (non-hydrogen) atoms. The lowest BCUT2D eigenvalue weighted by Gasteiger charge is -2.06. The molecule has 0 aromatic carbocycles. The van der Waals surface area contributed by atoms with Crippen LogP contribution >= 0.6 is 0 Å². The summed E-state index contributed by atoms with van der Waals surface area (Å²) in [5.41, 5.74) is 1.52. The number of hydrogen-bond donors (Lipinski definition) is 0. The van der Waals surface area contributed by atoms with Crippen molar-refractivity contribution in [2.24, 2.45) is 0 Å². The SMILES string of the molecule is Cc1ccc(C(=O)COC(C)C)cn1. The predicted octanol–water partition coefficient (Wildman–Crippen LogP) is 2.00. The summed E-state index contributed by atoms with van der Waals surface area (Å²) >= 11 is 0. The number of pyridine rings is 1. The number of ether oxygens (including phenoxy) is 1. The molecule has 0 bridgehead atoms. The Kier molecular flexibility index (Phi) is 3.77. The monoisotopic (exact) mass is 193 g/mol. The largest absolute Gasteiger partial charge is 0.371 e. The molecule has 0 N–H and O–H groups in total. The molecule has 3 heteroatoms. The second-order valence-corrected chi connectivity index (χ2v) is 3.47. The maximum absolute atomic E-state index is 11.5. The van der Waals surface area contributed by atoms with Crippen LogP contribution in [0.25, 0.3) is 0 Å². The average Bonchev–Trinajstić information content (AvgIpc) is 2.15. The Balaban J connectivity index is 2.57. The molecule has 0 spiro atoms. The van der Waals surface area contributed by atoms with Crippen LogP contribution in [0.5, 0.6) is 0 Å². The van der Waals surface area contributed by atoms with E-state index < -0.39 is 0 Å². The van der Waals surface area contributed by atoms with Crippen LogP contribution in [0.2, 0.25) is 0 Å². The summed E-state index contributed by atoms with van der Waals surface area (Å²) in [5, 5.41) is 0. The van der Waals surface area contributed by atoms with E-state index >= 15 is 0 Å². The topological polar surface area (TPSA) is 39.2 Å². The number of ketones is 1. The van der Waals surface area contributed by atoms with Gasteiger partial charge in [-0.2, -0.15) is 0 Å². The van der Waals surface area contributed by atoms with E-state index in [0.29, 0.717) is 5.56 Å². The van der Waals surface area contributed by atoms with E-state index in [9.17, 15) is 4.79 Å². The molecule has 1 aromatic rings. The second kappa shape index (κ2) is 4.86. The smallest absolute Gasteiger partial charge is 0.190 e. The molecule has 0 atom stereocenters. The summed E-state index contributed by atoms with van der Waals surface area (Å²) in [6.07, 6.45) is 1.67. The van der Waals surface area contributed by atoms with Crippen LogP contribution in [0.3, 0.4) is 0 Å². The highest BCUT2D eigenvalue weighted by Crippen LogP contribution is 2.01. The lowest BCUT2D eigenvalue weighted by Crippen LogP contribution is -2.13. The first kappa shape index (κ1) is 10.9. The predicted molar refractivity (Wildman–Crippen MR) is 54.4 cm³/mol. The molecule has 1 aromatic heterocycles. The molecular formula is C11H15NO2. The summed E-state index contributed by atoms with van der Waals surface area (Å²) in [6.45, 7) is 5.82. The Morgan fingerprint density at radius 1 is 1.50 bits per heavy atom. The van der Waals surface area contributed by atoms with E-state index in [2.05, 4.69) is 4.98 Å². The van der Waals surface area contributed by atoms with E-state index in [1.54, 1.807) is 12.3 Å². The van der Waals surface area contributed by atoms with Crippen LogP contribution in [-0.2, 0) is 4.74 Å². The highest BCUT2D eigenvalue weighted by atomic mass is 16.5. The molecule has 0 radical (unpaired) electrons. The van der Waals surface area contributed by atoms with Gasteiger partial charge in [0, 0.05) is 17.5 Å². The number of hydrogen-bond acceptors (Lipinski definition) is 3. The van der Waals surface area contributed by atoms with Gasteiger partial charge in [0.2, 0.25) is 0 Å². The molecule has 0 aliphatic rings. The van der Waals surface area contributed by atoms with Crippen molar-refractivity contribution in [2.45, 2.75) is 26.9 Å². The first-order valence-electron chi connectivity index (χ1n) is 4.67. The first-order valence-corrected chi connectivity index (χ1v) is 4.67. The van der Waals surface area contributed by atoms with Crippen LogP contribution in [0, 0.1) is 6.92 Å². The van der Waals surface area contributed by atoms with Gasteiger partial charge in [0.05, 0.1) is 6.10 Å². The van der Waals surface area contributed by atoms with E-state index in [1.807, 2.05) is 26.8 Å². The van der Waals surface area contributed by atoms with E-state index in [1.165, 1.54) is 0 Å².